The lowest BCUT2D eigenvalue weighted by Crippen LogP contribution is -2.55. The molecule has 0 radical (unpaired) electrons. The molecule has 1 fully saturated rings. The van der Waals surface area contributed by atoms with E-state index in [0.29, 0.717) is 19.4 Å². The molecule has 0 bridgehead atoms. The van der Waals surface area contributed by atoms with Crippen LogP contribution >= 0.6 is 0 Å². The van der Waals surface area contributed by atoms with Gasteiger partial charge < -0.3 is 15.3 Å². The molecule has 0 aromatic carbocycles. The highest BCUT2D eigenvalue weighted by atomic mass is 16.4. The zero-order valence-electron chi connectivity index (χ0n) is 10.6. The van der Waals surface area contributed by atoms with E-state index < -0.39 is 11.5 Å². The first-order chi connectivity index (χ1) is 7.73. The van der Waals surface area contributed by atoms with Crippen molar-refractivity contribution in [3.8, 4) is 0 Å². The Kier molecular flexibility index (Phi) is 3.50. The third-order valence-electron chi connectivity index (χ3n) is 2.87. The summed E-state index contributed by atoms with van der Waals surface area (Å²) in [6, 6.07) is -0.350. The number of carbonyl (C=O) groups is 2. The van der Waals surface area contributed by atoms with Crippen LogP contribution in [-0.2, 0) is 4.79 Å². The molecule has 2 amide bonds. The second-order valence-corrected chi connectivity index (χ2v) is 5.39. The van der Waals surface area contributed by atoms with E-state index >= 15 is 0 Å². The monoisotopic (exact) mass is 240 g/mol. The Balaban J connectivity index is 2.73. The second-order valence-electron chi connectivity index (χ2n) is 5.39. The minimum absolute atomic E-state index is 0.350. The van der Waals surface area contributed by atoms with E-state index in [1.165, 1.54) is 0 Å². The fourth-order valence-corrected chi connectivity index (χ4v) is 1.58. The molecule has 0 unspecified atom stereocenters. The van der Waals surface area contributed by atoms with Gasteiger partial charge in [-0.15, -0.1) is 6.58 Å². The number of hydrogen-bond donors (Lipinski definition) is 2. The summed E-state index contributed by atoms with van der Waals surface area (Å²) in [6.07, 6.45) is 2.63. The average Bonchev–Trinajstić information content (AvgIpc) is 2.93. The Hall–Kier alpha value is -1.52. The van der Waals surface area contributed by atoms with Crippen LogP contribution in [0.5, 0.6) is 0 Å². The molecule has 0 heterocycles. The van der Waals surface area contributed by atoms with Crippen LogP contribution < -0.4 is 5.32 Å². The summed E-state index contributed by atoms with van der Waals surface area (Å²) in [5, 5.41) is 11.6. The van der Waals surface area contributed by atoms with Gasteiger partial charge in [0, 0.05) is 12.1 Å². The number of nitrogens with one attached hydrogen (secondary N) is 1. The van der Waals surface area contributed by atoms with Crippen molar-refractivity contribution in [1.82, 2.24) is 10.2 Å². The van der Waals surface area contributed by atoms with Gasteiger partial charge in [0.1, 0.15) is 5.54 Å². The minimum atomic E-state index is -1.04. The quantitative estimate of drug-likeness (QED) is 0.733. The van der Waals surface area contributed by atoms with Crippen molar-refractivity contribution in [2.45, 2.75) is 44.7 Å². The van der Waals surface area contributed by atoms with Crippen molar-refractivity contribution < 1.29 is 14.7 Å². The lowest BCUT2D eigenvalue weighted by Gasteiger charge is -2.35. The third-order valence-corrected chi connectivity index (χ3v) is 2.87. The molecule has 17 heavy (non-hydrogen) atoms. The minimum Gasteiger partial charge on any atom is -0.480 e. The van der Waals surface area contributed by atoms with E-state index in [1.807, 2.05) is 20.8 Å². The molecule has 2 N–H and O–H groups in total. The summed E-state index contributed by atoms with van der Waals surface area (Å²) in [4.78, 5) is 24.6. The average molecular weight is 240 g/mol. The highest BCUT2D eigenvalue weighted by molar-refractivity contribution is 5.89. The molecule has 0 aromatic rings. The highest BCUT2D eigenvalue weighted by Crippen LogP contribution is 2.36. The first kappa shape index (κ1) is 13.5. The van der Waals surface area contributed by atoms with Gasteiger partial charge in [0.15, 0.2) is 0 Å². The Morgan fingerprint density at radius 3 is 2.29 bits per heavy atom. The number of aliphatic carboxylic acids is 1. The van der Waals surface area contributed by atoms with Crippen molar-refractivity contribution in [3.05, 3.63) is 12.7 Å². The SMILES string of the molecule is C=CCN(C(=O)NC1(C(=O)O)CC1)C(C)(C)C. The molecular weight excluding hydrogens is 220 g/mol. The summed E-state index contributed by atoms with van der Waals surface area (Å²) >= 11 is 0. The molecule has 0 aliphatic heterocycles. The van der Waals surface area contributed by atoms with E-state index in [2.05, 4.69) is 11.9 Å². The predicted octanol–water partition coefficient (Wildman–Crippen LogP) is 1.60. The Bertz CT molecular complexity index is 340. The summed E-state index contributed by atoms with van der Waals surface area (Å²) < 4.78 is 0. The van der Waals surface area contributed by atoms with Crippen LogP contribution in [0.1, 0.15) is 33.6 Å². The van der Waals surface area contributed by atoms with Gasteiger partial charge in [-0.1, -0.05) is 6.08 Å². The lowest BCUT2D eigenvalue weighted by molar-refractivity contribution is -0.140. The van der Waals surface area contributed by atoms with Crippen molar-refractivity contribution >= 4 is 12.0 Å². The Morgan fingerprint density at radius 1 is 1.47 bits per heavy atom. The Morgan fingerprint density at radius 2 is 2.00 bits per heavy atom. The molecule has 1 aliphatic rings. The number of nitrogens with zero attached hydrogens (tertiary/aromatic N) is 1. The molecule has 1 rings (SSSR count). The van der Waals surface area contributed by atoms with Gasteiger partial charge in [-0.25, -0.2) is 9.59 Å². The Labute approximate surface area is 101 Å². The van der Waals surface area contributed by atoms with Crippen LogP contribution in [0.4, 0.5) is 4.79 Å². The van der Waals surface area contributed by atoms with Crippen LogP contribution in [0.2, 0.25) is 0 Å². The molecule has 1 aliphatic carbocycles. The van der Waals surface area contributed by atoms with Crippen molar-refractivity contribution in [2.24, 2.45) is 0 Å². The summed E-state index contributed by atoms with van der Waals surface area (Å²) in [7, 11) is 0. The molecule has 96 valence electrons. The number of urea groups is 1. The second kappa shape index (κ2) is 4.39. The predicted molar refractivity (Wildman–Crippen MR) is 64.8 cm³/mol. The highest BCUT2D eigenvalue weighted by Gasteiger charge is 2.52. The van der Waals surface area contributed by atoms with Crippen LogP contribution in [0.25, 0.3) is 0 Å². The van der Waals surface area contributed by atoms with Gasteiger partial charge in [-0.2, -0.15) is 0 Å². The molecule has 0 spiro atoms. The van der Waals surface area contributed by atoms with Gasteiger partial charge in [-0.3, -0.25) is 0 Å². The molecule has 5 nitrogen and oxygen atoms in total. The van der Waals surface area contributed by atoms with Crippen LogP contribution in [0.3, 0.4) is 0 Å². The maximum atomic E-state index is 12.0. The van der Waals surface area contributed by atoms with Gasteiger partial charge in [0.2, 0.25) is 0 Å². The van der Waals surface area contributed by atoms with E-state index in [1.54, 1.807) is 11.0 Å². The smallest absolute Gasteiger partial charge is 0.329 e. The lowest BCUT2D eigenvalue weighted by atomic mass is 10.1. The first-order valence-electron chi connectivity index (χ1n) is 5.67. The summed E-state index contributed by atoms with van der Waals surface area (Å²) in [5.41, 5.74) is -1.41. The number of carboxylic acids is 1. The van der Waals surface area contributed by atoms with Crippen molar-refractivity contribution in [2.75, 3.05) is 6.54 Å². The van der Waals surface area contributed by atoms with Gasteiger partial charge >= 0.3 is 12.0 Å². The van der Waals surface area contributed by atoms with Crippen molar-refractivity contribution in [3.63, 3.8) is 0 Å². The first-order valence-corrected chi connectivity index (χ1v) is 5.67. The topological polar surface area (TPSA) is 69.6 Å². The van der Waals surface area contributed by atoms with Gasteiger partial charge in [-0.05, 0) is 33.6 Å². The van der Waals surface area contributed by atoms with Crippen LogP contribution in [-0.4, -0.2) is 39.6 Å². The standard InChI is InChI=1S/C12H20N2O3/c1-5-8-14(11(2,3)4)10(17)13-12(6-7-12)9(15)16/h5H,1,6-8H2,2-4H3,(H,13,17)(H,15,16). The normalized spacial score (nSPS) is 17.1. The summed E-state index contributed by atoms with van der Waals surface area (Å²) in [5.74, 6) is -0.960. The molecule has 0 atom stereocenters. The molecular formula is C12H20N2O3. The van der Waals surface area contributed by atoms with Crippen LogP contribution in [0, 0.1) is 0 Å². The maximum absolute atomic E-state index is 12.0. The molecule has 5 heteroatoms. The third kappa shape index (κ3) is 2.99. The number of rotatable bonds is 4. The summed E-state index contributed by atoms with van der Waals surface area (Å²) in [6.45, 7) is 9.70. The van der Waals surface area contributed by atoms with E-state index in [0.717, 1.165) is 0 Å². The number of amides is 2. The van der Waals surface area contributed by atoms with Crippen molar-refractivity contribution in [1.29, 1.82) is 0 Å². The number of carboxylic acid groups (broad SMARTS) is 1. The molecule has 1 saturated carbocycles. The van der Waals surface area contributed by atoms with Gasteiger partial charge in [0.05, 0.1) is 0 Å². The largest absolute Gasteiger partial charge is 0.480 e. The fourth-order valence-electron chi connectivity index (χ4n) is 1.58. The zero-order chi connectivity index (χ0) is 13.3. The number of carbonyl (C=O) groups excluding carboxylic acids is 1. The number of hydrogen-bond acceptors (Lipinski definition) is 2. The fraction of sp³-hybridized carbons (Fsp3) is 0.667. The van der Waals surface area contributed by atoms with E-state index in [-0.39, 0.29) is 11.6 Å². The maximum Gasteiger partial charge on any atom is 0.329 e. The van der Waals surface area contributed by atoms with E-state index in [9.17, 15) is 9.59 Å². The molecule has 0 aromatic heterocycles. The molecule has 0 saturated heterocycles. The van der Waals surface area contributed by atoms with Crippen LogP contribution in [0.15, 0.2) is 12.7 Å². The zero-order valence-corrected chi connectivity index (χ0v) is 10.6. The van der Waals surface area contributed by atoms with E-state index in [4.69, 9.17) is 5.11 Å². The van der Waals surface area contributed by atoms with Gasteiger partial charge in [0.25, 0.3) is 0 Å².